The third kappa shape index (κ3) is 3.40. The summed E-state index contributed by atoms with van der Waals surface area (Å²) in [6.45, 7) is 0. The number of hydrogen-bond donors (Lipinski definition) is 0. The van der Waals surface area contributed by atoms with E-state index >= 15 is 0 Å². The van der Waals surface area contributed by atoms with Crippen molar-refractivity contribution in [2.75, 3.05) is 12.0 Å². The highest BCUT2D eigenvalue weighted by Crippen LogP contribution is 2.32. The van der Waals surface area contributed by atoms with E-state index in [4.69, 9.17) is 4.74 Å². The van der Waals surface area contributed by atoms with Gasteiger partial charge in [-0.3, -0.25) is 10.1 Å². The number of rotatable bonds is 4. The molecule has 1 aliphatic heterocycles. The first-order chi connectivity index (χ1) is 12.1. The third-order valence-corrected chi connectivity index (χ3v) is 3.82. The van der Waals surface area contributed by atoms with Gasteiger partial charge in [-0.05, 0) is 35.9 Å². The van der Waals surface area contributed by atoms with Crippen LogP contribution in [0.5, 0.6) is 0 Å². The first kappa shape index (κ1) is 16.4. The summed E-state index contributed by atoms with van der Waals surface area (Å²) in [5.74, 6) is 0.205. The Kier molecular flexibility index (Phi) is 4.56. The molecule has 2 aromatic rings. The monoisotopic (exact) mass is 337 g/mol. The molecule has 1 aliphatic rings. The van der Waals surface area contributed by atoms with E-state index in [-0.39, 0.29) is 11.7 Å². The molecule has 0 fully saturated rings. The zero-order valence-corrected chi connectivity index (χ0v) is 13.4. The summed E-state index contributed by atoms with van der Waals surface area (Å²) < 4.78 is 4.78. The molecule has 7 heteroatoms. The Morgan fingerprint density at radius 2 is 2.00 bits per heavy atom. The molecule has 0 spiro atoms. The minimum Gasteiger partial charge on any atom is -0.465 e. The highest BCUT2D eigenvalue weighted by atomic mass is 16.6. The van der Waals surface area contributed by atoms with Crippen LogP contribution in [-0.2, 0) is 9.53 Å². The number of carbonyl (C=O) groups excluding carboxylic acids is 1. The zero-order valence-electron chi connectivity index (χ0n) is 13.4. The normalized spacial score (nSPS) is 16.3. The standard InChI is InChI=1S/C18H15N3O4/c1-25-18(22)14-7-10-16(13-5-8-15(9-6-13)21(23)24)20(12-14)17-4-2-3-11-19-17/h2-12,16H,1H3. The average Bonchev–Trinajstić information content (AvgIpc) is 2.67. The van der Waals surface area contributed by atoms with E-state index in [0.29, 0.717) is 11.4 Å². The Morgan fingerprint density at radius 3 is 2.60 bits per heavy atom. The number of carbonyl (C=O) groups is 1. The maximum Gasteiger partial charge on any atom is 0.339 e. The number of aromatic nitrogens is 1. The van der Waals surface area contributed by atoms with Gasteiger partial charge in [-0.15, -0.1) is 0 Å². The molecule has 0 bridgehead atoms. The second-order valence-electron chi connectivity index (χ2n) is 5.32. The molecule has 3 rings (SSSR count). The first-order valence-corrected chi connectivity index (χ1v) is 7.52. The summed E-state index contributed by atoms with van der Waals surface area (Å²) in [5, 5.41) is 10.8. The molecular weight excluding hydrogens is 322 g/mol. The molecular formula is C18H15N3O4. The van der Waals surface area contributed by atoms with Gasteiger partial charge in [0.05, 0.1) is 23.6 Å². The molecule has 0 N–H and O–H groups in total. The predicted octanol–water partition coefficient (Wildman–Crippen LogP) is 3.16. The van der Waals surface area contributed by atoms with E-state index in [1.54, 1.807) is 36.7 Å². The first-order valence-electron chi connectivity index (χ1n) is 7.52. The van der Waals surface area contributed by atoms with Crippen LogP contribution in [0.3, 0.4) is 0 Å². The lowest BCUT2D eigenvalue weighted by molar-refractivity contribution is -0.384. The number of methoxy groups -OCH3 is 1. The van der Waals surface area contributed by atoms with Crippen LogP contribution in [0.4, 0.5) is 11.5 Å². The number of esters is 1. The molecule has 126 valence electrons. The summed E-state index contributed by atoms with van der Waals surface area (Å²) in [6.07, 6.45) is 6.84. The van der Waals surface area contributed by atoms with Crippen molar-refractivity contribution in [3.8, 4) is 0 Å². The van der Waals surface area contributed by atoms with Gasteiger partial charge in [-0.2, -0.15) is 0 Å². The van der Waals surface area contributed by atoms with Gasteiger partial charge in [0.15, 0.2) is 0 Å². The predicted molar refractivity (Wildman–Crippen MR) is 91.8 cm³/mol. The van der Waals surface area contributed by atoms with E-state index < -0.39 is 10.9 Å². The van der Waals surface area contributed by atoms with Gasteiger partial charge < -0.3 is 9.64 Å². The van der Waals surface area contributed by atoms with Gasteiger partial charge in [-0.1, -0.05) is 12.1 Å². The number of ether oxygens (including phenoxy) is 1. The molecule has 1 aromatic carbocycles. The number of nitro benzene ring substituents is 1. The van der Waals surface area contributed by atoms with E-state index in [9.17, 15) is 14.9 Å². The fourth-order valence-corrected chi connectivity index (χ4v) is 2.58. The molecule has 1 atom stereocenters. The Bertz CT molecular complexity index is 844. The second kappa shape index (κ2) is 6.96. The summed E-state index contributed by atoms with van der Waals surface area (Å²) in [6, 6.07) is 11.5. The fourth-order valence-electron chi connectivity index (χ4n) is 2.58. The lowest BCUT2D eigenvalue weighted by Crippen LogP contribution is -2.26. The smallest absolute Gasteiger partial charge is 0.339 e. The molecule has 0 radical (unpaired) electrons. The molecule has 25 heavy (non-hydrogen) atoms. The highest BCUT2D eigenvalue weighted by Gasteiger charge is 2.24. The van der Waals surface area contributed by atoms with Gasteiger partial charge in [0.1, 0.15) is 5.82 Å². The van der Waals surface area contributed by atoms with Crippen LogP contribution >= 0.6 is 0 Å². The molecule has 0 aliphatic carbocycles. The summed E-state index contributed by atoms with van der Waals surface area (Å²) in [7, 11) is 1.32. The fraction of sp³-hybridized carbons (Fsp3) is 0.111. The van der Waals surface area contributed by atoms with Crippen molar-refractivity contribution < 1.29 is 14.5 Å². The van der Waals surface area contributed by atoms with Crippen LogP contribution in [-0.4, -0.2) is 23.0 Å². The van der Waals surface area contributed by atoms with Crippen molar-refractivity contribution in [1.82, 2.24) is 4.98 Å². The van der Waals surface area contributed by atoms with Gasteiger partial charge in [0.25, 0.3) is 5.69 Å². The number of nitro groups is 1. The maximum atomic E-state index is 11.8. The van der Waals surface area contributed by atoms with Crippen LogP contribution in [0.15, 0.2) is 72.6 Å². The van der Waals surface area contributed by atoms with Gasteiger partial charge >= 0.3 is 5.97 Å². The van der Waals surface area contributed by atoms with Crippen molar-refractivity contribution in [1.29, 1.82) is 0 Å². The lowest BCUT2D eigenvalue weighted by atomic mass is 10.0. The highest BCUT2D eigenvalue weighted by molar-refractivity contribution is 5.92. The molecule has 7 nitrogen and oxygen atoms in total. The number of benzene rings is 1. The Hall–Kier alpha value is -3.48. The van der Waals surface area contributed by atoms with Crippen LogP contribution in [0.1, 0.15) is 11.6 Å². The topological polar surface area (TPSA) is 85.6 Å². The Balaban J connectivity index is 2.00. The Morgan fingerprint density at radius 1 is 1.24 bits per heavy atom. The summed E-state index contributed by atoms with van der Waals surface area (Å²) in [5.41, 5.74) is 1.26. The van der Waals surface area contributed by atoms with Crippen molar-refractivity contribution in [2.24, 2.45) is 0 Å². The second-order valence-corrected chi connectivity index (χ2v) is 5.32. The maximum absolute atomic E-state index is 11.8. The number of anilines is 1. The van der Waals surface area contributed by atoms with Gasteiger partial charge in [0, 0.05) is 24.5 Å². The van der Waals surface area contributed by atoms with Gasteiger partial charge in [-0.25, -0.2) is 9.78 Å². The van der Waals surface area contributed by atoms with Crippen LogP contribution in [0.2, 0.25) is 0 Å². The molecule has 0 amide bonds. The van der Waals surface area contributed by atoms with Crippen molar-refractivity contribution >= 4 is 17.5 Å². The quantitative estimate of drug-likeness (QED) is 0.484. The molecule has 1 unspecified atom stereocenters. The van der Waals surface area contributed by atoms with E-state index in [2.05, 4.69) is 4.98 Å². The minimum absolute atomic E-state index is 0.0266. The Labute approximate surface area is 144 Å². The zero-order chi connectivity index (χ0) is 17.8. The van der Waals surface area contributed by atoms with Crippen LogP contribution < -0.4 is 4.90 Å². The van der Waals surface area contributed by atoms with E-state index in [1.165, 1.54) is 19.2 Å². The SMILES string of the molecule is COC(=O)C1=CN(c2ccccn2)C(c2ccc([N+](=O)[O-])cc2)C=C1. The molecule has 2 heterocycles. The molecule has 0 saturated heterocycles. The van der Waals surface area contributed by atoms with E-state index in [0.717, 1.165) is 5.56 Å². The third-order valence-electron chi connectivity index (χ3n) is 3.82. The minimum atomic E-state index is -0.445. The van der Waals surface area contributed by atoms with Crippen molar-refractivity contribution in [3.63, 3.8) is 0 Å². The summed E-state index contributed by atoms with van der Waals surface area (Å²) in [4.78, 5) is 28.4. The lowest BCUT2D eigenvalue weighted by Gasteiger charge is -2.31. The van der Waals surface area contributed by atoms with Crippen molar-refractivity contribution in [2.45, 2.75) is 6.04 Å². The van der Waals surface area contributed by atoms with Crippen LogP contribution in [0, 0.1) is 10.1 Å². The van der Waals surface area contributed by atoms with Gasteiger partial charge in [0.2, 0.25) is 0 Å². The largest absolute Gasteiger partial charge is 0.465 e. The van der Waals surface area contributed by atoms with Crippen molar-refractivity contribution in [3.05, 3.63) is 88.3 Å². The summed E-state index contributed by atoms with van der Waals surface area (Å²) >= 11 is 0. The number of nitrogens with zero attached hydrogens (tertiary/aromatic N) is 3. The van der Waals surface area contributed by atoms with Crippen LogP contribution in [0.25, 0.3) is 0 Å². The molecule has 1 aromatic heterocycles. The number of non-ortho nitro benzene ring substituents is 1. The average molecular weight is 337 g/mol. The number of hydrogen-bond acceptors (Lipinski definition) is 6. The van der Waals surface area contributed by atoms with E-state index in [1.807, 2.05) is 23.1 Å². The molecule has 0 saturated carbocycles. The number of pyridine rings is 1.